The predicted molar refractivity (Wildman–Crippen MR) is 72.2 cm³/mol. The fraction of sp³-hybridized carbons (Fsp3) is 0.933. The van der Waals surface area contributed by atoms with Crippen LogP contribution in [0.15, 0.2) is 0 Å². The highest BCUT2D eigenvalue weighted by atomic mass is 16.6. The van der Waals surface area contributed by atoms with Gasteiger partial charge in [-0.15, -0.1) is 0 Å². The highest BCUT2D eigenvalue weighted by Crippen LogP contribution is 2.36. The van der Waals surface area contributed by atoms with Crippen LogP contribution in [0.5, 0.6) is 0 Å². The molecule has 3 atom stereocenters. The molecule has 2 saturated heterocycles. The van der Waals surface area contributed by atoms with Crippen molar-refractivity contribution in [1.29, 1.82) is 0 Å². The number of carbonyl (C=O) groups is 1. The molecule has 4 heteroatoms. The first-order valence-electron chi connectivity index (χ1n) is 7.58. The summed E-state index contributed by atoms with van der Waals surface area (Å²) in [5.41, 5.74) is -0.193. The van der Waals surface area contributed by atoms with Crippen LogP contribution < -0.4 is 0 Å². The average Bonchev–Trinajstić information content (AvgIpc) is 2.86. The minimum atomic E-state index is -0.225. The Morgan fingerprint density at radius 2 is 2.26 bits per heavy atom. The van der Waals surface area contributed by atoms with Crippen molar-refractivity contribution in [3.8, 4) is 0 Å². The third-order valence-electron chi connectivity index (χ3n) is 4.20. The first-order chi connectivity index (χ1) is 9.21. The second-order valence-corrected chi connectivity index (χ2v) is 5.66. The van der Waals surface area contributed by atoms with E-state index in [1.54, 1.807) is 0 Å². The fourth-order valence-electron chi connectivity index (χ4n) is 3.17. The van der Waals surface area contributed by atoms with Crippen LogP contribution >= 0.6 is 0 Å². The minimum absolute atomic E-state index is 0.0820. The summed E-state index contributed by atoms with van der Waals surface area (Å²) in [5.74, 6) is 0.358. The molecule has 0 saturated carbocycles. The highest BCUT2D eigenvalue weighted by Gasteiger charge is 2.44. The van der Waals surface area contributed by atoms with E-state index in [-0.39, 0.29) is 23.4 Å². The molecule has 2 aliphatic rings. The summed E-state index contributed by atoms with van der Waals surface area (Å²) in [5, 5.41) is 0. The van der Waals surface area contributed by atoms with Crippen molar-refractivity contribution in [2.75, 3.05) is 26.4 Å². The highest BCUT2D eigenvalue weighted by molar-refractivity contribution is 5.85. The van der Waals surface area contributed by atoms with Gasteiger partial charge in [0.25, 0.3) is 0 Å². The van der Waals surface area contributed by atoms with Crippen molar-refractivity contribution >= 4 is 5.78 Å². The topological polar surface area (TPSA) is 44.8 Å². The van der Waals surface area contributed by atoms with Crippen molar-refractivity contribution in [3.05, 3.63) is 0 Å². The van der Waals surface area contributed by atoms with Crippen molar-refractivity contribution in [1.82, 2.24) is 0 Å². The van der Waals surface area contributed by atoms with Crippen LogP contribution in [-0.2, 0) is 19.0 Å². The van der Waals surface area contributed by atoms with Crippen LogP contribution in [0.4, 0.5) is 0 Å². The van der Waals surface area contributed by atoms with Crippen molar-refractivity contribution in [2.45, 2.75) is 57.7 Å². The van der Waals surface area contributed by atoms with Gasteiger partial charge in [-0.05, 0) is 26.2 Å². The lowest BCUT2D eigenvalue weighted by Gasteiger charge is -2.37. The largest absolute Gasteiger partial charge is 0.378 e. The first-order valence-corrected chi connectivity index (χ1v) is 7.58. The molecular weight excluding hydrogens is 244 g/mol. The molecule has 2 rings (SSSR count). The molecule has 1 spiro atoms. The Bertz CT molecular complexity index is 291. The molecule has 0 aromatic carbocycles. The Labute approximate surface area is 115 Å². The number of hydrogen-bond acceptors (Lipinski definition) is 4. The van der Waals surface area contributed by atoms with Crippen molar-refractivity contribution in [3.63, 3.8) is 0 Å². The third-order valence-corrected chi connectivity index (χ3v) is 4.20. The predicted octanol–water partition coefficient (Wildman–Crippen LogP) is 2.35. The molecule has 2 heterocycles. The second-order valence-electron chi connectivity index (χ2n) is 5.66. The summed E-state index contributed by atoms with van der Waals surface area (Å²) >= 11 is 0. The molecular formula is C15H26O4. The van der Waals surface area contributed by atoms with E-state index in [0.29, 0.717) is 19.8 Å². The van der Waals surface area contributed by atoms with E-state index in [1.807, 2.05) is 6.92 Å². The Kier molecular flexibility index (Phi) is 5.37. The summed E-state index contributed by atoms with van der Waals surface area (Å²) in [6, 6.07) is 0. The summed E-state index contributed by atoms with van der Waals surface area (Å²) in [7, 11) is 0. The fourth-order valence-corrected chi connectivity index (χ4v) is 3.17. The van der Waals surface area contributed by atoms with Gasteiger partial charge < -0.3 is 14.2 Å². The maximum atomic E-state index is 12.6. The lowest BCUT2D eigenvalue weighted by molar-refractivity contribution is -0.147. The van der Waals surface area contributed by atoms with Gasteiger partial charge >= 0.3 is 0 Å². The van der Waals surface area contributed by atoms with Crippen LogP contribution in [-0.4, -0.2) is 43.9 Å². The Hall–Kier alpha value is -0.450. The minimum Gasteiger partial charge on any atom is -0.378 e. The van der Waals surface area contributed by atoms with Crippen LogP contribution in [0.2, 0.25) is 0 Å². The first kappa shape index (κ1) is 14.9. The van der Waals surface area contributed by atoms with Crippen LogP contribution in [0, 0.1) is 5.92 Å². The third kappa shape index (κ3) is 3.56. The van der Waals surface area contributed by atoms with E-state index in [9.17, 15) is 4.79 Å². The molecule has 0 aromatic heterocycles. The van der Waals surface area contributed by atoms with Gasteiger partial charge in [0.2, 0.25) is 0 Å². The van der Waals surface area contributed by atoms with Gasteiger partial charge in [0.1, 0.15) is 6.10 Å². The maximum Gasteiger partial charge on any atom is 0.164 e. The molecule has 0 amide bonds. The summed E-state index contributed by atoms with van der Waals surface area (Å²) in [6.07, 6.45) is 4.13. The zero-order chi connectivity index (χ0) is 13.7. The van der Waals surface area contributed by atoms with Crippen molar-refractivity contribution < 1.29 is 19.0 Å². The average molecular weight is 270 g/mol. The lowest BCUT2D eigenvalue weighted by atomic mass is 9.81. The second kappa shape index (κ2) is 6.82. The number of ketones is 1. The zero-order valence-electron chi connectivity index (χ0n) is 12.2. The van der Waals surface area contributed by atoms with E-state index in [0.717, 1.165) is 38.7 Å². The van der Waals surface area contributed by atoms with E-state index >= 15 is 0 Å². The van der Waals surface area contributed by atoms with Crippen LogP contribution in [0.3, 0.4) is 0 Å². The van der Waals surface area contributed by atoms with Gasteiger partial charge in [0, 0.05) is 32.2 Å². The summed E-state index contributed by atoms with van der Waals surface area (Å²) in [6.45, 7) is 6.72. The molecule has 4 nitrogen and oxygen atoms in total. The molecule has 0 bridgehead atoms. The standard InChI is InChI=1S/C15H26O4/c1-3-5-13(18-4-2)14(16)12-6-8-19-15(10-12)7-9-17-11-15/h12-13H,3-11H2,1-2H3. The number of carbonyl (C=O) groups excluding carboxylic acids is 1. The normalized spacial score (nSPS) is 32.6. The molecule has 0 radical (unpaired) electrons. The molecule has 0 N–H and O–H groups in total. The molecule has 0 aromatic rings. The smallest absolute Gasteiger partial charge is 0.164 e. The quantitative estimate of drug-likeness (QED) is 0.743. The molecule has 110 valence electrons. The van der Waals surface area contributed by atoms with Gasteiger partial charge in [-0.3, -0.25) is 4.79 Å². The Morgan fingerprint density at radius 1 is 1.42 bits per heavy atom. The molecule has 3 unspecified atom stereocenters. The van der Waals surface area contributed by atoms with E-state index in [1.165, 1.54) is 0 Å². The Balaban J connectivity index is 1.97. The van der Waals surface area contributed by atoms with Gasteiger partial charge in [-0.1, -0.05) is 13.3 Å². The van der Waals surface area contributed by atoms with Crippen LogP contribution in [0.25, 0.3) is 0 Å². The summed E-state index contributed by atoms with van der Waals surface area (Å²) < 4.78 is 17.0. The van der Waals surface area contributed by atoms with Gasteiger partial charge in [-0.25, -0.2) is 0 Å². The molecule has 2 fully saturated rings. The number of rotatable bonds is 6. The van der Waals surface area contributed by atoms with Gasteiger partial charge in [0.05, 0.1) is 12.2 Å². The van der Waals surface area contributed by atoms with Crippen LogP contribution in [0.1, 0.15) is 46.0 Å². The number of ether oxygens (including phenoxy) is 3. The number of Topliss-reactive ketones (excluding diaryl/α,β-unsaturated/α-hetero) is 1. The summed E-state index contributed by atoms with van der Waals surface area (Å²) in [4.78, 5) is 12.6. The van der Waals surface area contributed by atoms with E-state index < -0.39 is 0 Å². The number of hydrogen-bond donors (Lipinski definition) is 0. The molecule has 0 aliphatic carbocycles. The zero-order valence-corrected chi connectivity index (χ0v) is 12.2. The van der Waals surface area contributed by atoms with Gasteiger partial charge in [-0.2, -0.15) is 0 Å². The maximum absolute atomic E-state index is 12.6. The molecule has 19 heavy (non-hydrogen) atoms. The van der Waals surface area contributed by atoms with Gasteiger partial charge in [0.15, 0.2) is 5.78 Å². The SMILES string of the molecule is CCCC(OCC)C(=O)C1CCOC2(CCOC2)C1. The van der Waals surface area contributed by atoms with E-state index in [2.05, 4.69) is 6.92 Å². The monoisotopic (exact) mass is 270 g/mol. The van der Waals surface area contributed by atoms with Crippen molar-refractivity contribution in [2.24, 2.45) is 5.92 Å². The molecule has 2 aliphatic heterocycles. The lowest BCUT2D eigenvalue weighted by Crippen LogP contribution is -2.45. The Morgan fingerprint density at radius 3 is 2.89 bits per heavy atom. The van der Waals surface area contributed by atoms with E-state index in [4.69, 9.17) is 14.2 Å².